The Balaban J connectivity index is 3.24. The van der Waals surface area contributed by atoms with E-state index in [1.165, 1.54) is 13.1 Å². The summed E-state index contributed by atoms with van der Waals surface area (Å²) in [6.45, 7) is 10.4. The summed E-state index contributed by atoms with van der Waals surface area (Å²) in [5.74, 6) is 0. The minimum atomic E-state index is -5.57. The fourth-order valence-electron chi connectivity index (χ4n) is 2.41. The SMILES string of the molecule is CCC[Si]1(F)O[Si](F)(F)O[Si](C)(C)O[Si](CC)(C(C)C)O1. The minimum absolute atomic E-state index is 0.0747. The van der Waals surface area contributed by atoms with E-state index >= 15 is 0 Å². The highest BCUT2D eigenvalue weighted by Crippen LogP contribution is 2.40. The van der Waals surface area contributed by atoms with Crippen molar-refractivity contribution >= 4 is 35.2 Å². The van der Waals surface area contributed by atoms with Crippen LogP contribution in [0.2, 0.25) is 30.7 Å². The van der Waals surface area contributed by atoms with Crippen molar-refractivity contribution in [3.63, 3.8) is 0 Å². The molecule has 0 N–H and O–H groups in total. The predicted molar refractivity (Wildman–Crippen MR) is 83.1 cm³/mol. The van der Waals surface area contributed by atoms with Crippen LogP contribution >= 0.6 is 0 Å². The van der Waals surface area contributed by atoms with Gasteiger partial charge in [-0.2, -0.15) is 0 Å². The molecule has 1 aliphatic rings. The molecule has 0 aliphatic carbocycles. The molecule has 0 radical (unpaired) electrons. The average Bonchev–Trinajstić information content (AvgIpc) is 2.23. The van der Waals surface area contributed by atoms with Crippen molar-refractivity contribution in [2.24, 2.45) is 0 Å². The second-order valence-electron chi connectivity index (χ2n) is 6.00. The van der Waals surface area contributed by atoms with Gasteiger partial charge >= 0.3 is 35.2 Å². The molecule has 0 spiro atoms. The normalized spacial score (nSPS) is 36.3. The van der Waals surface area contributed by atoms with Crippen LogP contribution in [0.1, 0.15) is 34.1 Å². The fourth-order valence-corrected chi connectivity index (χ4v) is 18.9. The first-order valence-corrected chi connectivity index (χ1v) is 15.7. The van der Waals surface area contributed by atoms with E-state index in [1.54, 1.807) is 6.92 Å². The van der Waals surface area contributed by atoms with Crippen molar-refractivity contribution in [1.82, 2.24) is 0 Å². The Morgan fingerprint density at radius 3 is 1.90 bits per heavy atom. The maximum atomic E-state index is 14.9. The molecule has 2 unspecified atom stereocenters. The Hall–Kier alpha value is 0.498. The van der Waals surface area contributed by atoms with Gasteiger partial charge in [-0.1, -0.05) is 34.1 Å². The number of halogens is 3. The molecule has 0 aromatic heterocycles. The van der Waals surface area contributed by atoms with E-state index in [9.17, 15) is 12.3 Å². The third kappa shape index (κ3) is 4.99. The quantitative estimate of drug-likeness (QED) is 0.539. The van der Waals surface area contributed by atoms with Gasteiger partial charge < -0.3 is 16.5 Å². The summed E-state index contributed by atoms with van der Waals surface area (Å²) in [4.78, 5) is 0. The first-order valence-electron chi connectivity index (χ1n) is 7.26. The zero-order chi connectivity index (χ0) is 16.5. The lowest BCUT2D eigenvalue weighted by Gasteiger charge is -2.45. The highest BCUT2D eigenvalue weighted by molar-refractivity contribution is 6.90. The van der Waals surface area contributed by atoms with Gasteiger partial charge in [-0.15, -0.1) is 0 Å². The van der Waals surface area contributed by atoms with Crippen LogP contribution in [0.15, 0.2) is 0 Å². The van der Waals surface area contributed by atoms with Crippen molar-refractivity contribution in [2.75, 3.05) is 0 Å². The Morgan fingerprint density at radius 1 is 0.905 bits per heavy atom. The molecule has 0 saturated carbocycles. The van der Waals surface area contributed by atoms with Crippen LogP contribution in [0.5, 0.6) is 0 Å². The van der Waals surface area contributed by atoms with Crippen LogP contribution in [-0.2, 0) is 16.5 Å². The van der Waals surface area contributed by atoms with Gasteiger partial charge in [0.05, 0.1) is 0 Å². The summed E-state index contributed by atoms with van der Waals surface area (Å²) in [6.07, 6.45) is 0.375. The molecule has 1 saturated heterocycles. The van der Waals surface area contributed by atoms with E-state index < -0.39 is 35.2 Å². The first-order chi connectivity index (χ1) is 9.39. The number of hydrogen-bond acceptors (Lipinski definition) is 4. The predicted octanol–water partition coefficient (Wildman–Crippen LogP) is 4.33. The Bertz CT molecular complexity index is 374. The summed E-state index contributed by atoms with van der Waals surface area (Å²) >= 11 is 0. The lowest BCUT2D eigenvalue weighted by molar-refractivity contribution is 0.132. The molecule has 0 aromatic carbocycles. The molecule has 1 rings (SSSR count). The average molecular weight is 379 g/mol. The van der Waals surface area contributed by atoms with E-state index in [0.29, 0.717) is 12.5 Å². The van der Waals surface area contributed by atoms with Crippen LogP contribution in [0, 0.1) is 0 Å². The topological polar surface area (TPSA) is 36.9 Å². The fraction of sp³-hybridized carbons (Fsp3) is 1.00. The standard InChI is InChI=1S/C10H25F3O4Si4/c1-7-9-20(11)16-19(8-2,10(3)4)14-18(5,6)15-21(12,13)17-20/h10H,7-9H2,1-6H3. The maximum Gasteiger partial charge on any atom is 0.744 e. The minimum Gasteiger partial charge on any atom is -0.415 e. The summed E-state index contributed by atoms with van der Waals surface area (Å²) in [6, 6.07) is 0.342. The van der Waals surface area contributed by atoms with Crippen LogP contribution in [0.25, 0.3) is 0 Å². The van der Waals surface area contributed by atoms with Gasteiger partial charge in [0.1, 0.15) is 0 Å². The largest absolute Gasteiger partial charge is 0.744 e. The maximum absolute atomic E-state index is 14.9. The molecule has 4 nitrogen and oxygen atoms in total. The van der Waals surface area contributed by atoms with Gasteiger partial charge in [-0.05, 0) is 24.7 Å². The van der Waals surface area contributed by atoms with E-state index in [2.05, 4.69) is 4.12 Å². The zero-order valence-electron chi connectivity index (χ0n) is 13.5. The van der Waals surface area contributed by atoms with Gasteiger partial charge in [0.25, 0.3) is 0 Å². The molecule has 126 valence electrons. The van der Waals surface area contributed by atoms with E-state index in [-0.39, 0.29) is 11.6 Å². The molecular weight excluding hydrogens is 353 g/mol. The lowest BCUT2D eigenvalue weighted by Crippen LogP contribution is -2.66. The highest BCUT2D eigenvalue weighted by Gasteiger charge is 2.65. The number of hydrogen-bond donors (Lipinski definition) is 0. The Kier molecular flexibility index (Phi) is 6.09. The molecule has 1 heterocycles. The van der Waals surface area contributed by atoms with Crippen LogP contribution in [-0.4, -0.2) is 35.2 Å². The summed E-state index contributed by atoms with van der Waals surface area (Å²) < 4.78 is 63.8. The molecular formula is C10H25F3O4Si4. The third-order valence-electron chi connectivity index (χ3n) is 3.30. The number of rotatable bonds is 4. The van der Waals surface area contributed by atoms with Crippen LogP contribution in [0.3, 0.4) is 0 Å². The van der Waals surface area contributed by atoms with Crippen molar-refractivity contribution in [3.05, 3.63) is 0 Å². The second kappa shape index (κ2) is 6.55. The molecule has 2 atom stereocenters. The molecule has 11 heteroatoms. The molecule has 21 heavy (non-hydrogen) atoms. The van der Waals surface area contributed by atoms with Gasteiger partial charge in [0.2, 0.25) is 0 Å². The summed E-state index contributed by atoms with van der Waals surface area (Å²) in [5.41, 5.74) is -0.0747. The van der Waals surface area contributed by atoms with Crippen molar-refractivity contribution in [1.29, 1.82) is 0 Å². The molecule has 0 amide bonds. The van der Waals surface area contributed by atoms with Crippen LogP contribution in [0.4, 0.5) is 12.3 Å². The first kappa shape index (κ1) is 19.5. The summed E-state index contributed by atoms with van der Waals surface area (Å²) in [7, 11) is -16.2. The van der Waals surface area contributed by atoms with Gasteiger partial charge in [-0.3, -0.25) is 0 Å². The zero-order valence-corrected chi connectivity index (χ0v) is 17.5. The monoisotopic (exact) mass is 378 g/mol. The second-order valence-corrected chi connectivity index (χ2v) is 18.3. The third-order valence-corrected chi connectivity index (χ3v) is 18.2. The van der Waals surface area contributed by atoms with Gasteiger partial charge in [-0.25, -0.2) is 12.3 Å². The smallest absolute Gasteiger partial charge is 0.415 e. The molecule has 0 aromatic rings. The molecule has 1 aliphatic heterocycles. The summed E-state index contributed by atoms with van der Waals surface area (Å²) in [5, 5.41) is 0. The molecule has 0 bridgehead atoms. The Labute approximate surface area is 129 Å². The van der Waals surface area contributed by atoms with E-state index in [0.717, 1.165) is 0 Å². The Morgan fingerprint density at radius 2 is 1.48 bits per heavy atom. The van der Waals surface area contributed by atoms with Crippen molar-refractivity contribution in [2.45, 2.75) is 64.8 Å². The van der Waals surface area contributed by atoms with Gasteiger partial charge in [0.15, 0.2) is 0 Å². The van der Waals surface area contributed by atoms with E-state index in [4.69, 9.17) is 12.3 Å². The molecule has 1 fully saturated rings. The van der Waals surface area contributed by atoms with Crippen molar-refractivity contribution < 1.29 is 28.8 Å². The van der Waals surface area contributed by atoms with Crippen molar-refractivity contribution in [3.8, 4) is 0 Å². The van der Waals surface area contributed by atoms with Gasteiger partial charge in [0, 0.05) is 6.04 Å². The highest BCUT2D eigenvalue weighted by atomic mass is 28.6. The van der Waals surface area contributed by atoms with E-state index in [1.807, 2.05) is 20.8 Å². The van der Waals surface area contributed by atoms with Crippen LogP contribution < -0.4 is 0 Å². The lowest BCUT2D eigenvalue weighted by atomic mass is 10.6.